The largest absolute Gasteiger partial charge is 0.507 e. The fraction of sp³-hybridized carbons (Fsp3) is 0.0667. The molecule has 0 bridgehead atoms. The molecule has 102 valence electrons. The Morgan fingerprint density at radius 1 is 1.30 bits per heavy atom. The van der Waals surface area contributed by atoms with E-state index in [2.05, 4.69) is 10.5 Å². The van der Waals surface area contributed by atoms with E-state index < -0.39 is 0 Å². The van der Waals surface area contributed by atoms with E-state index in [1.807, 2.05) is 6.07 Å². The summed E-state index contributed by atoms with van der Waals surface area (Å²) in [7, 11) is 0. The Balaban J connectivity index is 2.08. The monoisotopic (exact) mass is 288 g/mol. The highest BCUT2D eigenvalue weighted by Gasteiger charge is 2.04. The van der Waals surface area contributed by atoms with Crippen molar-refractivity contribution in [3.05, 3.63) is 64.2 Å². The Morgan fingerprint density at radius 2 is 2.00 bits per heavy atom. The topological polar surface area (TPSA) is 61.7 Å². The first-order chi connectivity index (χ1) is 9.58. The summed E-state index contributed by atoms with van der Waals surface area (Å²) in [4.78, 5) is 11.7. The van der Waals surface area contributed by atoms with Crippen LogP contribution in [0.15, 0.2) is 47.6 Å². The molecule has 0 unspecified atom stereocenters. The number of hydrazone groups is 1. The molecule has 1 amide bonds. The third kappa shape index (κ3) is 3.36. The molecule has 0 heterocycles. The first-order valence-electron chi connectivity index (χ1n) is 5.95. The minimum absolute atomic E-state index is 0.0598. The lowest BCUT2D eigenvalue weighted by atomic mass is 10.1. The summed E-state index contributed by atoms with van der Waals surface area (Å²) in [5, 5.41) is 14.1. The molecule has 0 saturated heterocycles. The summed E-state index contributed by atoms with van der Waals surface area (Å²) < 4.78 is 0. The Kier molecular flexibility index (Phi) is 4.38. The van der Waals surface area contributed by atoms with E-state index in [4.69, 9.17) is 11.6 Å². The van der Waals surface area contributed by atoms with E-state index in [0.717, 1.165) is 5.56 Å². The lowest BCUT2D eigenvalue weighted by molar-refractivity contribution is 0.0955. The van der Waals surface area contributed by atoms with Gasteiger partial charge in [0.25, 0.3) is 5.91 Å². The zero-order chi connectivity index (χ0) is 14.5. The molecule has 20 heavy (non-hydrogen) atoms. The minimum Gasteiger partial charge on any atom is -0.507 e. The molecule has 4 nitrogen and oxygen atoms in total. The van der Waals surface area contributed by atoms with Crippen LogP contribution in [0.5, 0.6) is 5.75 Å². The quantitative estimate of drug-likeness (QED) is 0.673. The van der Waals surface area contributed by atoms with Gasteiger partial charge in [-0.05, 0) is 36.8 Å². The fourth-order valence-corrected chi connectivity index (χ4v) is 1.77. The Labute approximate surface area is 121 Å². The lowest BCUT2D eigenvalue weighted by Crippen LogP contribution is -2.17. The highest BCUT2D eigenvalue weighted by atomic mass is 35.5. The molecule has 2 rings (SSSR count). The second kappa shape index (κ2) is 6.21. The molecule has 0 aliphatic heterocycles. The zero-order valence-electron chi connectivity index (χ0n) is 10.8. The van der Waals surface area contributed by atoms with Crippen LogP contribution in [0.1, 0.15) is 21.5 Å². The zero-order valence-corrected chi connectivity index (χ0v) is 11.6. The summed E-state index contributed by atoms with van der Waals surface area (Å²) in [5.41, 5.74) is 4.11. The minimum atomic E-state index is -0.320. The smallest absolute Gasteiger partial charge is 0.271 e. The number of phenolic OH excluding ortho intramolecular Hbond substituents is 1. The molecule has 0 aliphatic carbocycles. The molecule has 2 aromatic rings. The molecular weight excluding hydrogens is 276 g/mol. The van der Waals surface area contributed by atoms with Crippen LogP contribution in [0.25, 0.3) is 0 Å². The number of carbonyl (C=O) groups is 1. The van der Waals surface area contributed by atoms with Crippen LogP contribution in [0, 0.1) is 6.92 Å². The highest BCUT2D eigenvalue weighted by molar-refractivity contribution is 6.31. The summed E-state index contributed by atoms with van der Waals surface area (Å²) in [6.45, 7) is 1.79. The van der Waals surface area contributed by atoms with Gasteiger partial charge < -0.3 is 5.11 Å². The second-order valence-corrected chi connectivity index (χ2v) is 4.63. The van der Waals surface area contributed by atoms with Crippen LogP contribution in [0.3, 0.4) is 0 Å². The molecule has 2 aromatic carbocycles. The average molecular weight is 289 g/mol. The molecule has 0 saturated carbocycles. The standard InChI is InChI=1S/C15H13ClN2O2/c1-10-7-14(19)12(8-13(10)16)9-17-18-15(20)11-5-3-2-4-6-11/h2-9,19H,1H3,(H,18,20). The van der Waals surface area contributed by atoms with E-state index >= 15 is 0 Å². The van der Waals surface area contributed by atoms with E-state index in [-0.39, 0.29) is 11.7 Å². The van der Waals surface area contributed by atoms with Gasteiger partial charge in [-0.25, -0.2) is 5.43 Å². The van der Waals surface area contributed by atoms with E-state index in [1.54, 1.807) is 43.3 Å². The number of aromatic hydroxyl groups is 1. The van der Waals surface area contributed by atoms with Crippen LogP contribution >= 0.6 is 11.6 Å². The number of hydrogen-bond acceptors (Lipinski definition) is 3. The number of amides is 1. The molecule has 0 aromatic heterocycles. The number of halogens is 1. The first kappa shape index (κ1) is 14.1. The molecule has 5 heteroatoms. The number of nitrogens with zero attached hydrogens (tertiary/aromatic N) is 1. The Bertz CT molecular complexity index is 654. The third-order valence-electron chi connectivity index (χ3n) is 2.71. The van der Waals surface area contributed by atoms with Crippen molar-refractivity contribution in [3.63, 3.8) is 0 Å². The summed E-state index contributed by atoms with van der Waals surface area (Å²) in [6, 6.07) is 11.9. The number of aryl methyl sites for hydroxylation is 1. The third-order valence-corrected chi connectivity index (χ3v) is 3.12. The lowest BCUT2D eigenvalue weighted by Gasteiger charge is -2.03. The molecular formula is C15H13ClN2O2. The SMILES string of the molecule is Cc1cc(O)c(C=NNC(=O)c2ccccc2)cc1Cl. The fourth-order valence-electron chi connectivity index (χ4n) is 1.60. The van der Waals surface area contributed by atoms with Gasteiger partial charge in [0.15, 0.2) is 0 Å². The van der Waals surface area contributed by atoms with Gasteiger partial charge in [-0.1, -0.05) is 29.8 Å². The summed E-state index contributed by atoms with van der Waals surface area (Å²) >= 11 is 5.96. The number of hydrogen-bond donors (Lipinski definition) is 2. The normalized spacial score (nSPS) is 10.7. The van der Waals surface area contributed by atoms with Gasteiger partial charge in [0.1, 0.15) is 5.75 Å². The predicted octanol–water partition coefficient (Wildman–Crippen LogP) is 3.12. The number of carbonyl (C=O) groups excluding carboxylic acids is 1. The number of phenols is 1. The first-order valence-corrected chi connectivity index (χ1v) is 6.33. The van der Waals surface area contributed by atoms with Crippen LogP contribution in [0.2, 0.25) is 5.02 Å². The van der Waals surface area contributed by atoms with Gasteiger partial charge in [0.05, 0.1) is 6.21 Å². The van der Waals surface area contributed by atoms with Gasteiger partial charge in [0, 0.05) is 16.1 Å². The van der Waals surface area contributed by atoms with Crippen molar-refractivity contribution in [1.29, 1.82) is 0 Å². The van der Waals surface area contributed by atoms with Gasteiger partial charge in [-0.3, -0.25) is 4.79 Å². The van der Waals surface area contributed by atoms with Crippen LogP contribution in [-0.4, -0.2) is 17.2 Å². The van der Waals surface area contributed by atoms with Crippen molar-refractivity contribution in [3.8, 4) is 5.75 Å². The predicted molar refractivity (Wildman–Crippen MR) is 79.4 cm³/mol. The van der Waals surface area contributed by atoms with Gasteiger partial charge in [0.2, 0.25) is 0 Å². The molecule has 0 atom stereocenters. The Morgan fingerprint density at radius 3 is 2.70 bits per heavy atom. The molecule has 0 spiro atoms. The van der Waals surface area contributed by atoms with Crippen molar-refractivity contribution < 1.29 is 9.90 Å². The van der Waals surface area contributed by atoms with Crippen molar-refractivity contribution in [2.24, 2.45) is 5.10 Å². The van der Waals surface area contributed by atoms with Crippen molar-refractivity contribution in [2.75, 3.05) is 0 Å². The number of nitrogens with one attached hydrogen (secondary N) is 1. The molecule has 0 aliphatic rings. The average Bonchev–Trinajstić information content (AvgIpc) is 2.45. The van der Waals surface area contributed by atoms with Crippen LogP contribution in [-0.2, 0) is 0 Å². The van der Waals surface area contributed by atoms with Crippen LogP contribution < -0.4 is 5.43 Å². The molecule has 0 radical (unpaired) electrons. The molecule has 2 N–H and O–H groups in total. The van der Waals surface area contributed by atoms with E-state index in [1.165, 1.54) is 6.21 Å². The van der Waals surface area contributed by atoms with Crippen molar-refractivity contribution >= 4 is 23.7 Å². The highest BCUT2D eigenvalue weighted by Crippen LogP contribution is 2.24. The molecule has 0 fully saturated rings. The van der Waals surface area contributed by atoms with Crippen LogP contribution in [0.4, 0.5) is 0 Å². The maximum Gasteiger partial charge on any atom is 0.271 e. The maximum absolute atomic E-state index is 11.7. The maximum atomic E-state index is 11.7. The van der Waals surface area contributed by atoms with E-state index in [0.29, 0.717) is 16.1 Å². The second-order valence-electron chi connectivity index (χ2n) is 4.23. The summed E-state index contributed by atoms with van der Waals surface area (Å²) in [6.07, 6.45) is 1.35. The Hall–Kier alpha value is -2.33. The van der Waals surface area contributed by atoms with Gasteiger partial charge >= 0.3 is 0 Å². The number of rotatable bonds is 3. The van der Waals surface area contributed by atoms with Crippen molar-refractivity contribution in [1.82, 2.24) is 5.43 Å². The van der Waals surface area contributed by atoms with Gasteiger partial charge in [-0.2, -0.15) is 5.10 Å². The van der Waals surface area contributed by atoms with Crippen molar-refractivity contribution in [2.45, 2.75) is 6.92 Å². The van der Waals surface area contributed by atoms with Gasteiger partial charge in [-0.15, -0.1) is 0 Å². The summed E-state index contributed by atoms with van der Waals surface area (Å²) in [5.74, 6) is -0.260. The van der Waals surface area contributed by atoms with E-state index in [9.17, 15) is 9.90 Å². The number of benzene rings is 2.